The van der Waals surface area contributed by atoms with E-state index in [9.17, 15) is 9.18 Å². The number of aromatic carboxylic acids is 1. The number of carboxylic acid groups (broad SMARTS) is 1. The highest BCUT2D eigenvalue weighted by Gasteiger charge is 2.09. The zero-order valence-corrected chi connectivity index (χ0v) is 8.42. The number of rotatable bonds is 1. The summed E-state index contributed by atoms with van der Waals surface area (Å²) in [5, 5.41) is 8.60. The van der Waals surface area contributed by atoms with Crippen molar-refractivity contribution in [2.45, 2.75) is 0 Å². The summed E-state index contributed by atoms with van der Waals surface area (Å²) >= 11 is 1.77. The average molecular weight is 278 g/mol. The lowest BCUT2D eigenvalue weighted by molar-refractivity contribution is 0.0697. The van der Waals surface area contributed by atoms with E-state index in [1.807, 2.05) is 0 Å². The predicted octanol–water partition coefficient (Wildman–Crippen LogP) is 0.387. The zero-order chi connectivity index (χ0) is 9.30. The van der Waals surface area contributed by atoms with Crippen LogP contribution in [0.25, 0.3) is 0 Å². The first-order valence-corrected chi connectivity index (χ1v) is 4.29. The van der Waals surface area contributed by atoms with Crippen molar-refractivity contribution in [1.29, 1.82) is 0 Å². The average Bonchev–Trinajstić information content (AvgIpc) is 1.99. The molecular formula is C7H5BFIO2. The van der Waals surface area contributed by atoms with E-state index < -0.39 is 5.97 Å². The number of benzene rings is 1. The molecule has 0 fully saturated rings. The Balaban J connectivity index is 3.31. The summed E-state index contributed by atoms with van der Waals surface area (Å²) < 4.78 is 13.3. The predicted molar refractivity (Wildman–Crippen MR) is 54.3 cm³/mol. The third-order valence-electron chi connectivity index (χ3n) is 1.46. The molecule has 1 aromatic carbocycles. The Labute approximate surface area is 83.3 Å². The Kier molecular flexibility index (Phi) is 2.71. The molecule has 0 spiro atoms. The van der Waals surface area contributed by atoms with Gasteiger partial charge in [-0.3, -0.25) is 0 Å². The van der Waals surface area contributed by atoms with Gasteiger partial charge in [0.2, 0.25) is 0 Å². The number of hydrogen-bond acceptors (Lipinski definition) is 1. The minimum Gasteiger partial charge on any atom is -0.478 e. The lowest BCUT2D eigenvalue weighted by Crippen LogP contribution is -2.13. The second-order valence-corrected chi connectivity index (χ2v) is 3.56. The summed E-state index contributed by atoms with van der Waals surface area (Å²) in [4.78, 5) is 10.5. The van der Waals surface area contributed by atoms with E-state index in [2.05, 4.69) is 0 Å². The van der Waals surface area contributed by atoms with Gasteiger partial charge in [-0.1, -0.05) is 11.5 Å². The normalized spacial score (nSPS) is 9.83. The molecule has 0 amide bonds. The second-order valence-electron chi connectivity index (χ2n) is 2.39. The number of hydrogen-bond donors (Lipinski definition) is 1. The summed E-state index contributed by atoms with van der Waals surface area (Å²) in [7, 11) is 1.55. The third kappa shape index (κ3) is 1.77. The van der Waals surface area contributed by atoms with Gasteiger partial charge in [0.25, 0.3) is 0 Å². The van der Waals surface area contributed by atoms with E-state index in [-0.39, 0.29) is 11.4 Å². The molecule has 12 heavy (non-hydrogen) atoms. The summed E-state index contributed by atoms with van der Waals surface area (Å²) in [5.74, 6) is -1.38. The molecule has 0 aliphatic rings. The van der Waals surface area contributed by atoms with Crippen molar-refractivity contribution in [3.63, 3.8) is 0 Å². The van der Waals surface area contributed by atoms with Crippen LogP contribution in [-0.2, 0) is 0 Å². The lowest BCUT2D eigenvalue weighted by atomic mass is 9.94. The van der Waals surface area contributed by atoms with E-state index >= 15 is 0 Å². The van der Waals surface area contributed by atoms with Gasteiger partial charge in [0.05, 0.1) is 5.56 Å². The molecule has 62 valence electrons. The Hall–Kier alpha value is -0.585. The van der Waals surface area contributed by atoms with Crippen LogP contribution >= 0.6 is 22.6 Å². The Morgan fingerprint density at radius 1 is 1.58 bits per heavy atom. The topological polar surface area (TPSA) is 37.3 Å². The molecule has 5 heteroatoms. The van der Waals surface area contributed by atoms with Gasteiger partial charge in [-0.2, -0.15) is 0 Å². The molecule has 0 atom stereocenters. The second kappa shape index (κ2) is 3.43. The van der Waals surface area contributed by atoms with Gasteiger partial charge >= 0.3 is 5.97 Å². The molecule has 0 saturated heterocycles. The molecule has 0 heterocycles. The summed E-state index contributed by atoms with van der Waals surface area (Å²) in [6, 6.07) is 2.63. The van der Waals surface area contributed by atoms with E-state index in [0.717, 1.165) is 0 Å². The first kappa shape index (κ1) is 9.50. The van der Waals surface area contributed by atoms with E-state index in [1.54, 1.807) is 30.4 Å². The Morgan fingerprint density at radius 2 is 2.17 bits per heavy atom. The van der Waals surface area contributed by atoms with Gasteiger partial charge in [-0.05, 0) is 28.7 Å². The molecule has 2 nitrogen and oxygen atoms in total. The molecule has 0 bridgehead atoms. The molecular weight excluding hydrogens is 273 g/mol. The monoisotopic (exact) mass is 278 g/mol. The van der Waals surface area contributed by atoms with Crippen molar-refractivity contribution < 1.29 is 14.3 Å². The maximum Gasteiger partial charge on any atom is 0.335 e. The number of carbonyl (C=O) groups is 1. The number of halogens is 2. The van der Waals surface area contributed by atoms with Crippen LogP contribution in [0, 0.1) is 9.39 Å². The lowest BCUT2D eigenvalue weighted by Gasteiger charge is -2.01. The third-order valence-corrected chi connectivity index (χ3v) is 2.24. The quantitative estimate of drug-likeness (QED) is 0.596. The summed E-state index contributed by atoms with van der Waals surface area (Å²) in [6.45, 7) is 0. The van der Waals surface area contributed by atoms with Gasteiger partial charge in [0.15, 0.2) is 0 Å². The highest BCUT2D eigenvalue weighted by molar-refractivity contribution is 14.1. The van der Waals surface area contributed by atoms with Gasteiger partial charge in [-0.25, -0.2) is 9.18 Å². The van der Waals surface area contributed by atoms with Crippen LogP contribution in [0.4, 0.5) is 4.39 Å². The van der Waals surface area contributed by atoms with Crippen molar-refractivity contribution in [2.75, 3.05) is 0 Å². The van der Waals surface area contributed by atoms with Crippen LogP contribution in [-0.4, -0.2) is 18.9 Å². The van der Waals surface area contributed by atoms with E-state index in [4.69, 9.17) is 5.11 Å². The molecule has 0 unspecified atom stereocenters. The number of carboxylic acids is 1. The first-order valence-electron chi connectivity index (χ1n) is 3.21. The first-order chi connectivity index (χ1) is 5.52. The van der Waals surface area contributed by atoms with Crippen molar-refractivity contribution in [3.05, 3.63) is 27.1 Å². The van der Waals surface area contributed by atoms with Crippen LogP contribution in [0.3, 0.4) is 0 Å². The molecule has 0 aliphatic carbocycles. The van der Waals surface area contributed by atoms with Crippen molar-refractivity contribution in [3.8, 4) is 0 Å². The van der Waals surface area contributed by atoms with Crippen LogP contribution in [0.1, 0.15) is 10.4 Å². The van der Waals surface area contributed by atoms with Crippen molar-refractivity contribution >= 4 is 41.9 Å². The fraction of sp³-hybridized carbons (Fsp3) is 0. The van der Waals surface area contributed by atoms with Crippen LogP contribution < -0.4 is 5.46 Å². The summed E-state index contributed by atoms with van der Waals surface area (Å²) in [5.41, 5.74) is 0.484. The maximum absolute atomic E-state index is 13.0. The van der Waals surface area contributed by atoms with E-state index in [1.165, 1.54) is 12.1 Å². The van der Waals surface area contributed by atoms with Crippen molar-refractivity contribution in [1.82, 2.24) is 0 Å². The minimum absolute atomic E-state index is 0.123. The van der Waals surface area contributed by atoms with Gasteiger partial charge in [-0.15, -0.1) is 0 Å². The van der Waals surface area contributed by atoms with Gasteiger partial charge in [0.1, 0.15) is 13.7 Å². The SMILES string of the molecule is Bc1cc(C(=O)O)cc(I)c1F. The van der Waals surface area contributed by atoms with E-state index in [0.29, 0.717) is 9.03 Å². The smallest absolute Gasteiger partial charge is 0.335 e. The molecule has 1 rings (SSSR count). The Morgan fingerprint density at radius 3 is 2.58 bits per heavy atom. The van der Waals surface area contributed by atoms with Crippen LogP contribution in [0.15, 0.2) is 12.1 Å². The fourth-order valence-corrected chi connectivity index (χ4v) is 1.61. The van der Waals surface area contributed by atoms with Gasteiger partial charge in [0, 0.05) is 3.57 Å². The van der Waals surface area contributed by atoms with Gasteiger partial charge < -0.3 is 5.11 Å². The fourth-order valence-electron chi connectivity index (χ4n) is 0.850. The molecule has 1 N–H and O–H groups in total. The largest absolute Gasteiger partial charge is 0.478 e. The van der Waals surface area contributed by atoms with Crippen LogP contribution in [0.5, 0.6) is 0 Å². The standard InChI is InChI=1S/C7H5BFIO2/c8-4-1-3(7(11)12)2-5(10)6(4)9/h1-2H,8H2,(H,11,12). The Bertz CT molecular complexity index is 317. The molecule has 1 aromatic rings. The molecule has 0 aromatic heterocycles. The summed E-state index contributed by atoms with van der Waals surface area (Å²) in [6.07, 6.45) is 0. The molecule has 0 aliphatic heterocycles. The minimum atomic E-state index is -1.03. The molecule has 0 radical (unpaired) electrons. The van der Waals surface area contributed by atoms with Crippen molar-refractivity contribution in [2.24, 2.45) is 0 Å². The molecule has 0 saturated carbocycles. The zero-order valence-electron chi connectivity index (χ0n) is 6.27. The highest BCUT2D eigenvalue weighted by Crippen LogP contribution is 2.10. The van der Waals surface area contributed by atoms with Crippen LogP contribution in [0.2, 0.25) is 0 Å². The maximum atomic E-state index is 13.0. The highest BCUT2D eigenvalue weighted by atomic mass is 127.